The van der Waals surface area contributed by atoms with E-state index in [4.69, 9.17) is 0 Å². The monoisotopic (exact) mass is 874 g/mol. The van der Waals surface area contributed by atoms with Gasteiger partial charge in [0.05, 0.1) is 17.1 Å². The van der Waals surface area contributed by atoms with Crippen molar-refractivity contribution in [2.24, 2.45) is 0 Å². The molecule has 9 aromatic rings. The predicted molar refractivity (Wildman–Crippen MR) is 231 cm³/mol. The Bertz CT molecular complexity index is 2290. The Balaban J connectivity index is 0.000000131. The number of anilines is 6. The second-order valence-corrected chi connectivity index (χ2v) is 15.1. The van der Waals surface area contributed by atoms with Crippen molar-refractivity contribution in [3.8, 4) is 33.8 Å². The first-order chi connectivity index (χ1) is 27.9. The third-order valence-corrected chi connectivity index (χ3v) is 10.4. The lowest BCUT2D eigenvalue weighted by Crippen LogP contribution is -1.90. The number of benzene rings is 3. The summed E-state index contributed by atoms with van der Waals surface area (Å²) in [6.07, 6.45) is 12.0. The Morgan fingerprint density at radius 1 is 0.439 bits per heavy atom. The van der Waals surface area contributed by atoms with Crippen molar-refractivity contribution in [3.63, 3.8) is 0 Å². The van der Waals surface area contributed by atoms with Crippen LogP contribution in [0.5, 0.6) is 0 Å². The lowest BCUT2D eigenvalue weighted by atomic mass is 10.2. The average molecular weight is 876 g/mol. The third-order valence-electron chi connectivity index (χ3n) is 7.57. The molecule has 0 aliphatic carbocycles. The van der Waals surface area contributed by atoms with Crippen molar-refractivity contribution in [2.75, 3.05) is 16.0 Å². The maximum absolute atomic E-state index is 12.8. The molecule has 0 amide bonds. The summed E-state index contributed by atoms with van der Waals surface area (Å²) in [5, 5.41) is 17.8. The van der Waals surface area contributed by atoms with Gasteiger partial charge in [0.25, 0.3) is 0 Å². The minimum absolute atomic E-state index is 0.249. The number of aromatic nitrogens is 7. The van der Waals surface area contributed by atoms with Gasteiger partial charge in [-0.3, -0.25) is 9.97 Å². The van der Waals surface area contributed by atoms with E-state index >= 15 is 0 Å². The highest BCUT2D eigenvalue weighted by atomic mass is 79.9. The van der Waals surface area contributed by atoms with Gasteiger partial charge in [0.2, 0.25) is 0 Å². The van der Waals surface area contributed by atoms with E-state index in [0.29, 0.717) is 0 Å². The van der Waals surface area contributed by atoms with Gasteiger partial charge in [-0.2, -0.15) is 0 Å². The Hall–Kier alpha value is -6.33. The molecule has 0 radical (unpaired) electrons. The molecular formula is C41H29BrF2N10S3. The van der Waals surface area contributed by atoms with Crippen LogP contribution in [-0.4, -0.2) is 34.9 Å². The van der Waals surface area contributed by atoms with E-state index in [-0.39, 0.29) is 11.6 Å². The smallest absolute Gasteiger partial charge is 0.187 e. The number of nitrogens with one attached hydrogen (secondary N) is 3. The lowest BCUT2D eigenvalue weighted by molar-refractivity contribution is 0.627. The molecule has 0 saturated heterocycles. The minimum Gasteiger partial charge on any atom is -0.332 e. The van der Waals surface area contributed by atoms with Crippen molar-refractivity contribution in [1.29, 1.82) is 0 Å². The van der Waals surface area contributed by atoms with Gasteiger partial charge in [0.15, 0.2) is 15.4 Å². The fourth-order valence-corrected chi connectivity index (χ4v) is 7.31. The molecule has 10 nitrogen and oxygen atoms in total. The number of rotatable bonds is 9. The van der Waals surface area contributed by atoms with E-state index in [1.807, 2.05) is 70.9 Å². The SMILES string of the molecule is Brc1ccc(Nc2nc(-c3cccnc3)cs2)cc1.Fc1ccc(Nc2nc(-c3cccnc3)cs2)cc1.Fc1ccc(Nc2nc(-c3cncnc3)cs2)cc1. The quantitative estimate of drug-likeness (QED) is 0.129. The van der Waals surface area contributed by atoms with E-state index in [9.17, 15) is 8.78 Å². The predicted octanol–water partition coefficient (Wildman–Crippen LogP) is 12.3. The molecule has 3 aromatic carbocycles. The van der Waals surface area contributed by atoms with Crippen LogP contribution in [0.25, 0.3) is 33.8 Å². The molecular weight excluding hydrogens is 847 g/mol. The largest absolute Gasteiger partial charge is 0.332 e. The number of nitrogens with zero attached hydrogens (tertiary/aromatic N) is 7. The van der Waals surface area contributed by atoms with Gasteiger partial charge in [-0.15, -0.1) is 34.0 Å². The van der Waals surface area contributed by atoms with Crippen LogP contribution in [0.2, 0.25) is 0 Å². The fraction of sp³-hybridized carbons (Fsp3) is 0. The van der Waals surface area contributed by atoms with E-state index in [1.165, 1.54) is 53.3 Å². The van der Waals surface area contributed by atoms with Crippen LogP contribution in [0.15, 0.2) is 161 Å². The van der Waals surface area contributed by atoms with Crippen molar-refractivity contribution in [1.82, 2.24) is 34.9 Å². The molecule has 9 rings (SSSR count). The summed E-state index contributed by atoms with van der Waals surface area (Å²) in [5.41, 5.74) is 8.14. The molecule has 3 N–H and O–H groups in total. The molecule has 6 heterocycles. The Labute approximate surface area is 346 Å². The zero-order valence-electron chi connectivity index (χ0n) is 29.5. The first-order valence-electron chi connectivity index (χ1n) is 16.9. The van der Waals surface area contributed by atoms with Crippen LogP contribution >= 0.6 is 49.9 Å². The normalized spacial score (nSPS) is 10.4. The summed E-state index contributed by atoms with van der Waals surface area (Å²) in [4.78, 5) is 29.5. The van der Waals surface area contributed by atoms with Crippen LogP contribution in [-0.2, 0) is 0 Å². The van der Waals surface area contributed by atoms with Gasteiger partial charge in [0, 0.05) is 91.5 Å². The maximum Gasteiger partial charge on any atom is 0.187 e. The molecule has 16 heteroatoms. The van der Waals surface area contributed by atoms with E-state index in [0.717, 1.165) is 70.7 Å². The summed E-state index contributed by atoms with van der Waals surface area (Å²) in [7, 11) is 0. The summed E-state index contributed by atoms with van der Waals surface area (Å²) in [6, 6.07) is 28.1. The Kier molecular flexibility index (Phi) is 13.3. The van der Waals surface area contributed by atoms with Gasteiger partial charge >= 0.3 is 0 Å². The van der Waals surface area contributed by atoms with Gasteiger partial charge in [-0.1, -0.05) is 15.9 Å². The van der Waals surface area contributed by atoms with E-state index < -0.39 is 0 Å². The van der Waals surface area contributed by atoms with Crippen molar-refractivity contribution >= 4 is 82.4 Å². The van der Waals surface area contributed by atoms with Gasteiger partial charge < -0.3 is 16.0 Å². The molecule has 6 aromatic heterocycles. The second-order valence-electron chi connectivity index (χ2n) is 11.6. The molecule has 0 unspecified atom stereocenters. The van der Waals surface area contributed by atoms with E-state index in [1.54, 1.807) is 66.6 Å². The molecule has 0 spiro atoms. The number of pyridine rings is 2. The second kappa shape index (κ2) is 19.5. The number of thiazole rings is 3. The molecule has 0 saturated carbocycles. The van der Waals surface area contributed by atoms with Gasteiger partial charge in [-0.05, 0) is 97.1 Å². The van der Waals surface area contributed by atoms with Crippen molar-refractivity contribution < 1.29 is 8.78 Å². The van der Waals surface area contributed by atoms with Crippen LogP contribution in [0, 0.1) is 11.6 Å². The Morgan fingerprint density at radius 3 is 1.19 bits per heavy atom. The summed E-state index contributed by atoms with van der Waals surface area (Å²) in [6.45, 7) is 0. The number of hydrogen-bond donors (Lipinski definition) is 3. The summed E-state index contributed by atoms with van der Waals surface area (Å²) < 4.78 is 26.7. The standard InChI is InChI=1S/C14H10BrN3S.C14H10FN3S.C13H9FN4S/c2*15-11-3-5-12(6-4-11)17-14-18-13(9-19-14)10-2-1-7-16-8-10;14-10-1-3-11(4-2-10)17-13-18-12(7-19-13)9-5-15-8-16-6-9/h2*1-9H,(H,17,18);1-8H,(H,17,18). The van der Waals surface area contributed by atoms with Gasteiger partial charge in [0.1, 0.15) is 18.0 Å². The van der Waals surface area contributed by atoms with Crippen molar-refractivity contribution in [3.05, 3.63) is 173 Å². The molecule has 0 bridgehead atoms. The Morgan fingerprint density at radius 2 is 0.807 bits per heavy atom. The highest BCUT2D eigenvalue weighted by Crippen LogP contribution is 2.29. The maximum atomic E-state index is 12.8. The molecule has 0 atom stereocenters. The van der Waals surface area contributed by atoms with Crippen LogP contribution in [0.4, 0.5) is 41.2 Å². The third kappa shape index (κ3) is 11.6. The summed E-state index contributed by atoms with van der Waals surface area (Å²) >= 11 is 7.97. The first kappa shape index (κ1) is 38.9. The highest BCUT2D eigenvalue weighted by molar-refractivity contribution is 9.10. The zero-order chi connectivity index (χ0) is 39.2. The summed E-state index contributed by atoms with van der Waals surface area (Å²) in [5.74, 6) is -0.507. The lowest BCUT2D eigenvalue weighted by Gasteiger charge is -2.01. The highest BCUT2D eigenvalue weighted by Gasteiger charge is 2.07. The molecule has 0 aliphatic rings. The zero-order valence-corrected chi connectivity index (χ0v) is 33.5. The minimum atomic E-state index is -0.258. The van der Waals surface area contributed by atoms with Gasteiger partial charge in [-0.25, -0.2) is 33.7 Å². The van der Waals surface area contributed by atoms with Crippen LogP contribution < -0.4 is 16.0 Å². The molecule has 0 fully saturated rings. The molecule has 57 heavy (non-hydrogen) atoms. The fourth-order valence-electron chi connectivity index (χ4n) is 4.82. The number of hydrogen-bond acceptors (Lipinski definition) is 13. The first-order valence-corrected chi connectivity index (χ1v) is 20.4. The van der Waals surface area contributed by atoms with Crippen molar-refractivity contribution in [2.45, 2.75) is 0 Å². The molecule has 282 valence electrons. The number of halogens is 3. The molecule has 0 aliphatic heterocycles. The topological polar surface area (TPSA) is 126 Å². The van der Waals surface area contributed by atoms with Crippen LogP contribution in [0.1, 0.15) is 0 Å². The van der Waals surface area contributed by atoms with E-state index in [2.05, 4.69) is 66.8 Å². The average Bonchev–Trinajstić information content (AvgIpc) is 4.05. The van der Waals surface area contributed by atoms with Crippen LogP contribution in [0.3, 0.4) is 0 Å².